The van der Waals surface area contributed by atoms with E-state index in [1.54, 1.807) is 0 Å². The molecule has 0 aromatic carbocycles. The molecule has 0 saturated carbocycles. The second-order valence-electron chi connectivity index (χ2n) is 4.26. The Morgan fingerprint density at radius 1 is 1.50 bits per heavy atom. The third-order valence-electron chi connectivity index (χ3n) is 2.88. The molecular weight excluding hydrogens is 218 g/mol. The minimum absolute atomic E-state index is 0.407. The average molecular weight is 243 g/mol. The van der Waals surface area contributed by atoms with Crippen LogP contribution >= 0.6 is 11.8 Å². The molecule has 1 N–H and O–H groups in total. The topological polar surface area (TPSA) is 21.3 Å². The molecule has 0 saturated heterocycles. The van der Waals surface area contributed by atoms with Crippen molar-refractivity contribution < 1.29 is 4.74 Å². The highest BCUT2D eigenvalue weighted by atomic mass is 32.2. The van der Waals surface area contributed by atoms with Crippen molar-refractivity contribution in [1.82, 2.24) is 5.32 Å². The fraction of sp³-hybridized carbons (Fsp3) is 0.846. The van der Waals surface area contributed by atoms with Gasteiger partial charge in [0.05, 0.1) is 12.6 Å². The number of hydrogen-bond acceptors (Lipinski definition) is 3. The predicted molar refractivity (Wildman–Crippen MR) is 72.9 cm³/mol. The van der Waals surface area contributed by atoms with E-state index in [1.807, 2.05) is 11.8 Å². The van der Waals surface area contributed by atoms with Gasteiger partial charge in [0.1, 0.15) is 5.76 Å². The van der Waals surface area contributed by atoms with Crippen LogP contribution < -0.4 is 5.32 Å². The van der Waals surface area contributed by atoms with Crippen molar-refractivity contribution in [2.24, 2.45) is 0 Å². The smallest absolute Gasteiger partial charge is 0.110 e. The van der Waals surface area contributed by atoms with Crippen molar-refractivity contribution in [3.8, 4) is 0 Å². The third kappa shape index (κ3) is 4.79. The van der Waals surface area contributed by atoms with Crippen LogP contribution in [0, 0.1) is 0 Å². The highest BCUT2D eigenvalue weighted by Gasteiger charge is 2.17. The maximum absolute atomic E-state index is 5.74. The molecule has 0 aliphatic carbocycles. The van der Waals surface area contributed by atoms with Gasteiger partial charge in [0.2, 0.25) is 0 Å². The fourth-order valence-electron chi connectivity index (χ4n) is 1.69. The lowest BCUT2D eigenvalue weighted by atomic mass is 10.1. The van der Waals surface area contributed by atoms with Gasteiger partial charge in [-0.3, -0.25) is 0 Å². The first kappa shape index (κ1) is 13.9. The van der Waals surface area contributed by atoms with Crippen molar-refractivity contribution in [1.29, 1.82) is 0 Å². The van der Waals surface area contributed by atoms with E-state index in [4.69, 9.17) is 4.74 Å². The van der Waals surface area contributed by atoms with Gasteiger partial charge >= 0.3 is 0 Å². The van der Waals surface area contributed by atoms with Gasteiger partial charge in [-0.05, 0) is 31.9 Å². The van der Waals surface area contributed by atoms with Crippen LogP contribution in [0.25, 0.3) is 0 Å². The molecule has 0 fully saturated rings. The van der Waals surface area contributed by atoms with E-state index in [0.717, 1.165) is 24.2 Å². The molecule has 2 unspecified atom stereocenters. The summed E-state index contributed by atoms with van der Waals surface area (Å²) in [6.45, 7) is 8.60. The first-order valence-electron chi connectivity index (χ1n) is 6.45. The number of ether oxygens (including phenoxy) is 1. The Morgan fingerprint density at radius 3 is 2.88 bits per heavy atom. The molecule has 1 aliphatic rings. The summed E-state index contributed by atoms with van der Waals surface area (Å²) in [5.74, 6) is 2.29. The Balaban J connectivity index is 2.42. The van der Waals surface area contributed by atoms with E-state index in [1.165, 1.54) is 25.0 Å². The molecule has 2 atom stereocenters. The van der Waals surface area contributed by atoms with E-state index >= 15 is 0 Å². The summed E-state index contributed by atoms with van der Waals surface area (Å²) in [7, 11) is 0. The van der Waals surface area contributed by atoms with Crippen LogP contribution in [0.3, 0.4) is 0 Å². The summed E-state index contributed by atoms with van der Waals surface area (Å²) in [5.41, 5.74) is 0. The monoisotopic (exact) mass is 243 g/mol. The summed E-state index contributed by atoms with van der Waals surface area (Å²) >= 11 is 2.03. The summed E-state index contributed by atoms with van der Waals surface area (Å²) in [4.78, 5) is 0. The van der Waals surface area contributed by atoms with Crippen molar-refractivity contribution in [2.75, 3.05) is 18.9 Å². The molecule has 3 heteroatoms. The van der Waals surface area contributed by atoms with E-state index < -0.39 is 0 Å². The quantitative estimate of drug-likeness (QED) is 0.742. The summed E-state index contributed by atoms with van der Waals surface area (Å²) in [5, 5.41) is 4.26. The van der Waals surface area contributed by atoms with Gasteiger partial charge in [-0.2, -0.15) is 11.8 Å². The second-order valence-corrected chi connectivity index (χ2v) is 5.73. The first-order chi connectivity index (χ1) is 7.77. The molecule has 0 aromatic heterocycles. The van der Waals surface area contributed by atoms with E-state index in [0.29, 0.717) is 6.04 Å². The Labute approximate surface area is 104 Å². The van der Waals surface area contributed by atoms with Crippen molar-refractivity contribution in [3.63, 3.8) is 0 Å². The molecule has 94 valence electrons. The van der Waals surface area contributed by atoms with Gasteiger partial charge in [0.25, 0.3) is 0 Å². The van der Waals surface area contributed by atoms with Gasteiger partial charge in [0.15, 0.2) is 0 Å². The van der Waals surface area contributed by atoms with Crippen LogP contribution in [0.4, 0.5) is 0 Å². The lowest BCUT2D eigenvalue weighted by Gasteiger charge is -2.25. The minimum Gasteiger partial charge on any atom is -0.497 e. The summed E-state index contributed by atoms with van der Waals surface area (Å²) < 4.78 is 5.74. The molecule has 0 bridgehead atoms. The predicted octanol–water partition coefficient (Wildman–Crippen LogP) is 3.19. The van der Waals surface area contributed by atoms with Crippen LogP contribution in [-0.2, 0) is 4.74 Å². The fourth-order valence-corrected chi connectivity index (χ4v) is 2.72. The molecule has 0 radical (unpaired) electrons. The van der Waals surface area contributed by atoms with Gasteiger partial charge < -0.3 is 10.1 Å². The standard InChI is InChI=1S/C13H25NOS/c1-4-11(3)16-10-12(14-5-2)13-8-6-7-9-15-13/h8,11-12,14H,4-7,9-10H2,1-3H3. The maximum atomic E-state index is 5.74. The highest BCUT2D eigenvalue weighted by Crippen LogP contribution is 2.20. The van der Waals surface area contributed by atoms with Crippen LogP contribution in [-0.4, -0.2) is 30.2 Å². The zero-order chi connectivity index (χ0) is 11.8. The minimum atomic E-state index is 0.407. The molecule has 0 aromatic rings. The number of likely N-dealkylation sites (N-methyl/N-ethyl adjacent to an activating group) is 1. The maximum Gasteiger partial charge on any atom is 0.110 e. The Kier molecular flexibility index (Phi) is 6.97. The van der Waals surface area contributed by atoms with E-state index in [9.17, 15) is 0 Å². The van der Waals surface area contributed by atoms with Crippen LogP contribution in [0.5, 0.6) is 0 Å². The van der Waals surface area contributed by atoms with Crippen molar-refractivity contribution >= 4 is 11.8 Å². The molecule has 1 rings (SSSR count). The molecule has 0 spiro atoms. The zero-order valence-corrected chi connectivity index (χ0v) is 11.6. The van der Waals surface area contributed by atoms with Crippen LogP contribution in [0.2, 0.25) is 0 Å². The lowest BCUT2D eigenvalue weighted by Crippen LogP contribution is -2.35. The van der Waals surface area contributed by atoms with Crippen LogP contribution in [0.15, 0.2) is 11.8 Å². The summed E-state index contributed by atoms with van der Waals surface area (Å²) in [6, 6.07) is 0.407. The van der Waals surface area contributed by atoms with Gasteiger partial charge in [-0.1, -0.05) is 20.8 Å². The average Bonchev–Trinajstić information content (AvgIpc) is 2.35. The molecule has 16 heavy (non-hydrogen) atoms. The Hall–Kier alpha value is -0.150. The number of allylic oxidation sites excluding steroid dienone is 1. The third-order valence-corrected chi connectivity index (χ3v) is 4.31. The number of hydrogen-bond donors (Lipinski definition) is 1. The van der Waals surface area contributed by atoms with Gasteiger partial charge in [-0.25, -0.2) is 0 Å². The largest absolute Gasteiger partial charge is 0.497 e. The molecule has 2 nitrogen and oxygen atoms in total. The highest BCUT2D eigenvalue weighted by molar-refractivity contribution is 7.99. The Bertz CT molecular complexity index is 218. The lowest BCUT2D eigenvalue weighted by molar-refractivity contribution is 0.172. The Morgan fingerprint density at radius 2 is 2.31 bits per heavy atom. The van der Waals surface area contributed by atoms with E-state index in [2.05, 4.69) is 32.2 Å². The SMILES string of the molecule is CCNC(CSC(C)CC)C1=CCCCO1. The number of rotatable bonds is 7. The number of nitrogens with one attached hydrogen (secondary N) is 1. The van der Waals surface area contributed by atoms with E-state index in [-0.39, 0.29) is 0 Å². The number of thioether (sulfide) groups is 1. The zero-order valence-electron chi connectivity index (χ0n) is 10.8. The van der Waals surface area contributed by atoms with Gasteiger partial charge in [-0.15, -0.1) is 0 Å². The molecular formula is C13H25NOS. The second kappa shape index (κ2) is 8.02. The first-order valence-corrected chi connectivity index (χ1v) is 7.50. The van der Waals surface area contributed by atoms with Gasteiger partial charge in [0, 0.05) is 11.0 Å². The molecule has 1 aliphatic heterocycles. The molecule has 0 amide bonds. The van der Waals surface area contributed by atoms with Crippen molar-refractivity contribution in [2.45, 2.75) is 51.3 Å². The summed E-state index contributed by atoms with van der Waals surface area (Å²) in [6.07, 6.45) is 5.84. The van der Waals surface area contributed by atoms with Crippen LogP contribution in [0.1, 0.15) is 40.0 Å². The normalized spacial score (nSPS) is 19.8. The van der Waals surface area contributed by atoms with Crippen molar-refractivity contribution in [3.05, 3.63) is 11.8 Å². The molecule has 1 heterocycles.